The lowest BCUT2D eigenvalue weighted by molar-refractivity contribution is 0.582. The van der Waals surface area contributed by atoms with E-state index in [9.17, 15) is 0 Å². The third-order valence-electron chi connectivity index (χ3n) is 4.16. The molecule has 3 heteroatoms. The van der Waals surface area contributed by atoms with Crippen LogP contribution < -0.4 is 0 Å². The standard InChI is InChI=1S/C21H24N2O/c1-5-6-15-7-9-16(10-8-15)19-22-23-20(24-19)17-11-13-18(14-12-17)21(2,3)4/h7-14H,5-6H2,1-4H3. The molecule has 124 valence electrons. The van der Waals surface area contributed by atoms with Crippen LogP contribution in [0.1, 0.15) is 45.2 Å². The molecule has 0 saturated heterocycles. The SMILES string of the molecule is CCCc1ccc(-c2nnc(-c3ccc(C(C)(C)C)cc3)o2)cc1. The lowest BCUT2D eigenvalue weighted by Crippen LogP contribution is -2.10. The molecule has 3 rings (SSSR count). The molecule has 1 heterocycles. The minimum absolute atomic E-state index is 0.138. The van der Waals surface area contributed by atoms with Crippen molar-refractivity contribution in [3.63, 3.8) is 0 Å². The van der Waals surface area contributed by atoms with Crippen LogP contribution in [0.4, 0.5) is 0 Å². The molecule has 0 unspecified atom stereocenters. The summed E-state index contributed by atoms with van der Waals surface area (Å²) in [7, 11) is 0. The summed E-state index contributed by atoms with van der Waals surface area (Å²) in [5.74, 6) is 1.12. The fraction of sp³-hybridized carbons (Fsp3) is 0.333. The van der Waals surface area contributed by atoms with Crippen molar-refractivity contribution in [2.75, 3.05) is 0 Å². The summed E-state index contributed by atoms with van der Waals surface area (Å²) in [6.45, 7) is 8.79. The maximum Gasteiger partial charge on any atom is 0.248 e. The Bertz CT molecular complexity index is 793. The Labute approximate surface area is 143 Å². The van der Waals surface area contributed by atoms with Gasteiger partial charge in [0.2, 0.25) is 11.8 Å². The van der Waals surface area contributed by atoms with Gasteiger partial charge in [-0.3, -0.25) is 0 Å². The first-order valence-electron chi connectivity index (χ1n) is 8.51. The zero-order valence-corrected chi connectivity index (χ0v) is 14.8. The Hall–Kier alpha value is -2.42. The normalized spacial score (nSPS) is 11.7. The van der Waals surface area contributed by atoms with Crippen LogP contribution in [0.3, 0.4) is 0 Å². The zero-order chi connectivity index (χ0) is 17.2. The van der Waals surface area contributed by atoms with Gasteiger partial charge in [0.05, 0.1) is 0 Å². The summed E-state index contributed by atoms with van der Waals surface area (Å²) < 4.78 is 5.86. The first kappa shape index (κ1) is 16.4. The molecule has 0 aliphatic rings. The van der Waals surface area contributed by atoms with Crippen molar-refractivity contribution in [1.29, 1.82) is 0 Å². The van der Waals surface area contributed by atoms with Crippen LogP contribution in [-0.4, -0.2) is 10.2 Å². The van der Waals surface area contributed by atoms with E-state index < -0.39 is 0 Å². The van der Waals surface area contributed by atoms with E-state index in [1.165, 1.54) is 11.1 Å². The van der Waals surface area contributed by atoms with Crippen molar-refractivity contribution >= 4 is 0 Å². The third-order valence-corrected chi connectivity index (χ3v) is 4.16. The molecule has 3 aromatic rings. The van der Waals surface area contributed by atoms with E-state index in [1.54, 1.807) is 0 Å². The highest BCUT2D eigenvalue weighted by atomic mass is 16.4. The van der Waals surface area contributed by atoms with Crippen LogP contribution in [0, 0.1) is 0 Å². The minimum atomic E-state index is 0.138. The summed E-state index contributed by atoms with van der Waals surface area (Å²) in [6, 6.07) is 16.7. The van der Waals surface area contributed by atoms with E-state index in [0.29, 0.717) is 11.8 Å². The highest BCUT2D eigenvalue weighted by Crippen LogP contribution is 2.27. The average Bonchev–Trinajstić information content (AvgIpc) is 3.05. The predicted octanol–water partition coefficient (Wildman–Crippen LogP) is 5.65. The van der Waals surface area contributed by atoms with Gasteiger partial charge in [0.15, 0.2) is 0 Å². The highest BCUT2D eigenvalue weighted by molar-refractivity contribution is 5.58. The predicted molar refractivity (Wildman–Crippen MR) is 97.9 cm³/mol. The largest absolute Gasteiger partial charge is 0.416 e. The van der Waals surface area contributed by atoms with Crippen LogP contribution in [0.15, 0.2) is 52.9 Å². The van der Waals surface area contributed by atoms with E-state index in [1.807, 2.05) is 24.3 Å². The maximum atomic E-state index is 5.86. The summed E-state index contributed by atoms with van der Waals surface area (Å²) in [5, 5.41) is 8.39. The van der Waals surface area contributed by atoms with E-state index in [2.05, 4.69) is 62.2 Å². The zero-order valence-electron chi connectivity index (χ0n) is 14.8. The second-order valence-electron chi connectivity index (χ2n) is 7.19. The molecule has 1 aromatic heterocycles. The van der Waals surface area contributed by atoms with Crippen molar-refractivity contribution < 1.29 is 4.42 Å². The summed E-state index contributed by atoms with van der Waals surface area (Å²) in [4.78, 5) is 0. The van der Waals surface area contributed by atoms with Gasteiger partial charge in [0.25, 0.3) is 0 Å². The van der Waals surface area contributed by atoms with Crippen LogP contribution in [-0.2, 0) is 11.8 Å². The molecule has 0 aliphatic heterocycles. The molecule has 0 bridgehead atoms. The molecule has 2 aromatic carbocycles. The Kier molecular flexibility index (Phi) is 4.52. The van der Waals surface area contributed by atoms with Crippen molar-refractivity contribution in [3.05, 3.63) is 59.7 Å². The Morgan fingerprint density at radius 2 is 1.29 bits per heavy atom. The molecular formula is C21H24N2O. The van der Waals surface area contributed by atoms with Gasteiger partial charge in [-0.2, -0.15) is 0 Å². The molecule has 0 N–H and O–H groups in total. The fourth-order valence-corrected chi connectivity index (χ4v) is 2.67. The van der Waals surface area contributed by atoms with Gasteiger partial charge >= 0.3 is 0 Å². The van der Waals surface area contributed by atoms with Crippen molar-refractivity contribution in [3.8, 4) is 22.9 Å². The molecular weight excluding hydrogens is 296 g/mol. The van der Waals surface area contributed by atoms with Crippen LogP contribution in [0.2, 0.25) is 0 Å². The second kappa shape index (κ2) is 6.60. The monoisotopic (exact) mass is 320 g/mol. The van der Waals surface area contributed by atoms with Crippen molar-refractivity contribution in [2.45, 2.75) is 46.0 Å². The van der Waals surface area contributed by atoms with Crippen LogP contribution in [0.25, 0.3) is 22.9 Å². The summed E-state index contributed by atoms with van der Waals surface area (Å²) in [6.07, 6.45) is 2.24. The van der Waals surface area contributed by atoms with Gasteiger partial charge < -0.3 is 4.42 Å². The molecule has 0 atom stereocenters. The maximum absolute atomic E-state index is 5.86. The van der Waals surface area contributed by atoms with Gasteiger partial charge in [-0.25, -0.2) is 0 Å². The number of aromatic nitrogens is 2. The fourth-order valence-electron chi connectivity index (χ4n) is 2.67. The van der Waals surface area contributed by atoms with E-state index in [0.717, 1.165) is 24.0 Å². The first-order valence-corrected chi connectivity index (χ1v) is 8.51. The van der Waals surface area contributed by atoms with Gasteiger partial charge in [0.1, 0.15) is 0 Å². The molecule has 0 aliphatic carbocycles. The topological polar surface area (TPSA) is 38.9 Å². The van der Waals surface area contributed by atoms with Gasteiger partial charge in [-0.1, -0.05) is 58.4 Å². The lowest BCUT2D eigenvalue weighted by atomic mass is 9.87. The average molecular weight is 320 g/mol. The minimum Gasteiger partial charge on any atom is -0.416 e. The highest BCUT2D eigenvalue weighted by Gasteiger charge is 2.15. The number of benzene rings is 2. The molecule has 3 nitrogen and oxygen atoms in total. The smallest absolute Gasteiger partial charge is 0.248 e. The number of aryl methyl sites for hydroxylation is 1. The molecule has 0 saturated carbocycles. The Balaban J connectivity index is 1.82. The molecule has 0 amide bonds. The van der Waals surface area contributed by atoms with E-state index in [4.69, 9.17) is 4.42 Å². The van der Waals surface area contributed by atoms with Gasteiger partial charge in [0, 0.05) is 11.1 Å². The third kappa shape index (κ3) is 3.56. The van der Waals surface area contributed by atoms with Crippen LogP contribution >= 0.6 is 0 Å². The Morgan fingerprint density at radius 3 is 1.75 bits per heavy atom. The molecule has 0 spiro atoms. The van der Waals surface area contributed by atoms with Gasteiger partial charge in [-0.05, 0) is 47.2 Å². The van der Waals surface area contributed by atoms with Crippen LogP contribution in [0.5, 0.6) is 0 Å². The van der Waals surface area contributed by atoms with E-state index in [-0.39, 0.29) is 5.41 Å². The molecule has 0 fully saturated rings. The second-order valence-corrected chi connectivity index (χ2v) is 7.19. The number of nitrogens with zero attached hydrogens (tertiary/aromatic N) is 2. The lowest BCUT2D eigenvalue weighted by Gasteiger charge is -2.18. The van der Waals surface area contributed by atoms with Crippen molar-refractivity contribution in [2.24, 2.45) is 0 Å². The number of rotatable bonds is 4. The summed E-state index contributed by atoms with van der Waals surface area (Å²) in [5.41, 5.74) is 4.67. The number of hydrogen-bond acceptors (Lipinski definition) is 3. The quantitative estimate of drug-likeness (QED) is 0.623. The summed E-state index contributed by atoms with van der Waals surface area (Å²) >= 11 is 0. The molecule has 24 heavy (non-hydrogen) atoms. The molecule has 0 radical (unpaired) electrons. The Morgan fingerprint density at radius 1 is 0.792 bits per heavy atom. The number of hydrogen-bond donors (Lipinski definition) is 0. The van der Waals surface area contributed by atoms with Gasteiger partial charge in [-0.15, -0.1) is 10.2 Å². The van der Waals surface area contributed by atoms with E-state index >= 15 is 0 Å². The van der Waals surface area contributed by atoms with Crippen molar-refractivity contribution in [1.82, 2.24) is 10.2 Å². The first-order chi connectivity index (χ1) is 11.5.